The number of ether oxygens (including phenoxy) is 2. The van der Waals surface area contributed by atoms with Gasteiger partial charge in [-0.15, -0.1) is 0 Å². The first-order valence-corrected chi connectivity index (χ1v) is 8.99. The van der Waals surface area contributed by atoms with Crippen molar-refractivity contribution in [1.29, 1.82) is 5.26 Å². The number of rotatable bonds is 6. The van der Waals surface area contributed by atoms with Crippen molar-refractivity contribution in [2.75, 3.05) is 30.5 Å². The fraction of sp³-hybridized carbons (Fsp3) is 0.100. The first-order valence-electron chi connectivity index (χ1n) is 8.61. The Labute approximate surface area is 177 Å². The topological polar surface area (TPSA) is 149 Å². The summed E-state index contributed by atoms with van der Waals surface area (Å²) in [5.74, 6) is 0.187. The van der Waals surface area contributed by atoms with Crippen LogP contribution in [0.5, 0.6) is 11.5 Å². The molecule has 9 nitrogen and oxygen atoms in total. The summed E-state index contributed by atoms with van der Waals surface area (Å²) in [4.78, 5) is 20.1. The zero-order valence-corrected chi connectivity index (χ0v) is 16.6. The molecule has 0 radical (unpaired) electrons. The van der Waals surface area contributed by atoms with Crippen molar-refractivity contribution in [1.82, 2.24) is 9.97 Å². The molecule has 0 saturated carbocycles. The predicted octanol–water partition coefficient (Wildman–Crippen LogP) is 2.86. The minimum atomic E-state index is -0.391. The summed E-state index contributed by atoms with van der Waals surface area (Å²) in [6.07, 6.45) is 0. The van der Waals surface area contributed by atoms with E-state index in [-0.39, 0.29) is 29.6 Å². The highest BCUT2D eigenvalue weighted by Crippen LogP contribution is 2.34. The number of nitriles is 1. The molecule has 5 N–H and O–H groups in total. The Morgan fingerprint density at radius 2 is 1.97 bits per heavy atom. The standard InChI is InChI=1S/C20H17ClN6O3/c1-29-16-8-11(18-12(9-22)19(23)27-20(24)26-18)6-7-15(16)30-10-17(28)25-14-5-3-2-4-13(14)21/h2-8H,10H2,1H3,(H,25,28)(H4,23,24,26,27). The highest BCUT2D eigenvalue weighted by molar-refractivity contribution is 6.33. The number of hydrogen-bond acceptors (Lipinski definition) is 8. The van der Waals surface area contributed by atoms with E-state index in [1.165, 1.54) is 7.11 Å². The number of para-hydroxylation sites is 1. The van der Waals surface area contributed by atoms with Crippen LogP contribution in [-0.2, 0) is 4.79 Å². The molecule has 1 amide bonds. The summed E-state index contributed by atoms with van der Waals surface area (Å²) in [5.41, 5.74) is 12.8. The molecular formula is C20H17ClN6O3. The van der Waals surface area contributed by atoms with Crippen molar-refractivity contribution in [3.05, 3.63) is 53.1 Å². The van der Waals surface area contributed by atoms with Crippen LogP contribution < -0.4 is 26.3 Å². The third kappa shape index (κ3) is 4.51. The van der Waals surface area contributed by atoms with E-state index in [0.29, 0.717) is 27.8 Å². The number of carbonyl (C=O) groups is 1. The second kappa shape index (κ2) is 8.98. The van der Waals surface area contributed by atoms with Gasteiger partial charge in [0.05, 0.1) is 23.5 Å². The van der Waals surface area contributed by atoms with E-state index in [0.717, 1.165) is 0 Å². The third-order valence-electron chi connectivity index (χ3n) is 4.01. The van der Waals surface area contributed by atoms with Crippen LogP contribution >= 0.6 is 11.6 Å². The Bertz CT molecular complexity index is 1150. The van der Waals surface area contributed by atoms with Crippen LogP contribution in [0.2, 0.25) is 5.02 Å². The maximum Gasteiger partial charge on any atom is 0.262 e. The third-order valence-corrected chi connectivity index (χ3v) is 4.34. The Hall–Kier alpha value is -4.03. The Morgan fingerprint density at radius 1 is 1.20 bits per heavy atom. The molecule has 1 aromatic heterocycles. The molecule has 3 aromatic rings. The van der Waals surface area contributed by atoms with E-state index in [1.54, 1.807) is 42.5 Å². The van der Waals surface area contributed by atoms with Gasteiger partial charge < -0.3 is 26.3 Å². The first-order chi connectivity index (χ1) is 14.4. The van der Waals surface area contributed by atoms with Gasteiger partial charge in [0.1, 0.15) is 17.5 Å². The van der Waals surface area contributed by atoms with Crippen LogP contribution in [-0.4, -0.2) is 29.6 Å². The SMILES string of the molecule is COc1cc(-c2nc(N)nc(N)c2C#N)ccc1OCC(=O)Nc1ccccc1Cl. The number of aromatic nitrogens is 2. The molecular weight excluding hydrogens is 408 g/mol. The summed E-state index contributed by atoms with van der Waals surface area (Å²) in [6.45, 7) is -0.266. The highest BCUT2D eigenvalue weighted by Gasteiger charge is 2.16. The summed E-state index contributed by atoms with van der Waals surface area (Å²) in [6, 6.07) is 13.7. The van der Waals surface area contributed by atoms with Gasteiger partial charge in [-0.25, -0.2) is 4.98 Å². The van der Waals surface area contributed by atoms with Crippen LogP contribution in [0.1, 0.15) is 5.56 Å². The van der Waals surface area contributed by atoms with Gasteiger partial charge in [0.25, 0.3) is 5.91 Å². The lowest BCUT2D eigenvalue weighted by Gasteiger charge is -2.13. The smallest absolute Gasteiger partial charge is 0.262 e. The number of nitrogens with zero attached hydrogens (tertiary/aromatic N) is 3. The average molecular weight is 425 g/mol. The van der Waals surface area contributed by atoms with E-state index in [1.807, 2.05) is 6.07 Å². The fourth-order valence-electron chi connectivity index (χ4n) is 2.64. The maximum atomic E-state index is 12.2. The predicted molar refractivity (Wildman–Crippen MR) is 113 cm³/mol. The summed E-state index contributed by atoms with van der Waals surface area (Å²) < 4.78 is 10.9. The summed E-state index contributed by atoms with van der Waals surface area (Å²) >= 11 is 6.03. The molecule has 0 spiro atoms. The zero-order valence-electron chi connectivity index (χ0n) is 15.8. The number of benzene rings is 2. The molecule has 0 unspecified atom stereocenters. The van der Waals surface area contributed by atoms with Gasteiger partial charge in [0.2, 0.25) is 5.95 Å². The molecule has 0 saturated heterocycles. The normalized spacial score (nSPS) is 10.2. The molecule has 152 valence electrons. The maximum absolute atomic E-state index is 12.2. The van der Waals surface area contributed by atoms with Gasteiger partial charge in [-0.1, -0.05) is 23.7 Å². The number of anilines is 3. The number of carbonyl (C=O) groups excluding carboxylic acids is 1. The number of nitrogen functional groups attached to an aromatic ring is 2. The fourth-order valence-corrected chi connectivity index (χ4v) is 2.82. The van der Waals surface area contributed by atoms with Crippen molar-refractivity contribution < 1.29 is 14.3 Å². The molecule has 0 atom stereocenters. The Kier molecular flexibility index (Phi) is 6.20. The van der Waals surface area contributed by atoms with Crippen LogP contribution in [0.4, 0.5) is 17.5 Å². The number of halogens is 1. The average Bonchev–Trinajstić information content (AvgIpc) is 2.73. The Morgan fingerprint density at radius 3 is 2.67 bits per heavy atom. The van der Waals surface area contributed by atoms with Gasteiger partial charge in [-0.3, -0.25) is 4.79 Å². The largest absolute Gasteiger partial charge is 0.493 e. The Balaban J connectivity index is 1.79. The van der Waals surface area contributed by atoms with Gasteiger partial charge >= 0.3 is 0 Å². The van der Waals surface area contributed by atoms with E-state index in [2.05, 4.69) is 15.3 Å². The lowest BCUT2D eigenvalue weighted by atomic mass is 10.1. The number of nitrogens with two attached hydrogens (primary N) is 2. The van der Waals surface area contributed by atoms with Crippen LogP contribution in [0, 0.1) is 11.3 Å². The van der Waals surface area contributed by atoms with Crippen LogP contribution in [0.15, 0.2) is 42.5 Å². The molecule has 3 rings (SSSR count). The van der Waals surface area contributed by atoms with E-state index < -0.39 is 5.91 Å². The molecule has 0 aliphatic rings. The van der Waals surface area contributed by atoms with Gasteiger partial charge in [-0.05, 0) is 30.3 Å². The van der Waals surface area contributed by atoms with Crippen LogP contribution in [0.25, 0.3) is 11.3 Å². The van der Waals surface area contributed by atoms with Crippen LogP contribution in [0.3, 0.4) is 0 Å². The minimum Gasteiger partial charge on any atom is -0.493 e. The number of amides is 1. The van der Waals surface area contributed by atoms with Gasteiger partial charge in [0, 0.05) is 5.56 Å². The second-order valence-electron chi connectivity index (χ2n) is 5.98. The monoisotopic (exact) mass is 424 g/mol. The molecule has 10 heteroatoms. The molecule has 0 aliphatic carbocycles. The lowest BCUT2D eigenvalue weighted by molar-refractivity contribution is -0.118. The van der Waals surface area contributed by atoms with Crippen molar-refractivity contribution in [2.24, 2.45) is 0 Å². The highest BCUT2D eigenvalue weighted by atomic mass is 35.5. The molecule has 0 bridgehead atoms. The molecule has 0 aliphatic heterocycles. The quantitative estimate of drug-likeness (QED) is 0.546. The van der Waals surface area contributed by atoms with Crippen molar-refractivity contribution in [3.8, 4) is 28.8 Å². The zero-order chi connectivity index (χ0) is 21.7. The number of methoxy groups -OCH3 is 1. The lowest BCUT2D eigenvalue weighted by Crippen LogP contribution is -2.20. The second-order valence-corrected chi connectivity index (χ2v) is 6.39. The van der Waals surface area contributed by atoms with Crippen molar-refractivity contribution in [2.45, 2.75) is 0 Å². The minimum absolute atomic E-state index is 0.0180. The summed E-state index contributed by atoms with van der Waals surface area (Å²) in [5, 5.41) is 12.4. The number of hydrogen-bond donors (Lipinski definition) is 3. The number of nitrogens with one attached hydrogen (secondary N) is 1. The van der Waals surface area contributed by atoms with Gasteiger partial charge in [0.15, 0.2) is 18.1 Å². The van der Waals surface area contributed by atoms with Gasteiger partial charge in [-0.2, -0.15) is 10.2 Å². The van der Waals surface area contributed by atoms with Crippen molar-refractivity contribution >= 4 is 35.0 Å². The van der Waals surface area contributed by atoms with E-state index in [4.69, 9.17) is 32.5 Å². The molecule has 0 fully saturated rings. The van der Waals surface area contributed by atoms with E-state index >= 15 is 0 Å². The van der Waals surface area contributed by atoms with Crippen molar-refractivity contribution in [3.63, 3.8) is 0 Å². The molecule has 1 heterocycles. The molecule has 30 heavy (non-hydrogen) atoms. The summed E-state index contributed by atoms with van der Waals surface area (Å²) in [7, 11) is 1.45. The first kappa shape index (κ1) is 20.7. The molecule has 2 aromatic carbocycles. The van der Waals surface area contributed by atoms with E-state index in [9.17, 15) is 10.1 Å².